The second-order valence-corrected chi connectivity index (χ2v) is 11.8. The molecule has 3 aromatic carbocycles. The van der Waals surface area contributed by atoms with Gasteiger partial charge in [0.15, 0.2) is 0 Å². The van der Waals surface area contributed by atoms with Gasteiger partial charge >= 0.3 is 0 Å². The number of hydrogen-bond donors (Lipinski definition) is 2. The quantitative estimate of drug-likeness (QED) is 0.450. The molecule has 1 saturated heterocycles. The Morgan fingerprint density at radius 3 is 2.45 bits per heavy atom. The summed E-state index contributed by atoms with van der Waals surface area (Å²) in [5.74, 6) is -0.182. The number of carbonyl (C=O) groups is 1. The first-order chi connectivity index (χ1) is 18.4. The molecule has 0 aromatic heterocycles. The summed E-state index contributed by atoms with van der Waals surface area (Å²) in [6.07, 6.45) is 2.88. The van der Waals surface area contributed by atoms with E-state index in [1.807, 2.05) is 54.6 Å². The summed E-state index contributed by atoms with van der Waals surface area (Å²) < 4.78 is 30.9. The van der Waals surface area contributed by atoms with Crippen LogP contribution in [0.4, 0.5) is 11.4 Å². The maximum Gasteiger partial charge on any atom is 0.243 e. The van der Waals surface area contributed by atoms with Crippen LogP contribution < -0.4 is 14.9 Å². The average molecular weight is 533 g/mol. The number of benzene rings is 3. The summed E-state index contributed by atoms with van der Waals surface area (Å²) in [6, 6.07) is 22.6. The lowest BCUT2D eigenvalue weighted by Crippen LogP contribution is -2.46. The molecule has 1 heterocycles. The number of hydrogen-bond acceptors (Lipinski definition) is 5. The van der Waals surface area contributed by atoms with E-state index in [4.69, 9.17) is 0 Å². The lowest BCUT2D eigenvalue weighted by atomic mass is 9.88. The largest absolute Gasteiger partial charge is 0.368 e. The highest BCUT2D eigenvalue weighted by atomic mass is 32.2. The van der Waals surface area contributed by atoms with E-state index in [1.165, 1.54) is 5.56 Å². The maximum atomic E-state index is 14.0. The minimum Gasteiger partial charge on any atom is -0.368 e. The number of amides is 1. The minimum atomic E-state index is -3.88. The van der Waals surface area contributed by atoms with E-state index in [2.05, 4.69) is 32.8 Å². The molecule has 1 atom stereocenters. The van der Waals surface area contributed by atoms with Gasteiger partial charge in [-0.05, 0) is 60.7 Å². The lowest BCUT2D eigenvalue weighted by Gasteiger charge is -2.36. The summed E-state index contributed by atoms with van der Waals surface area (Å²) in [7, 11) is -3.88. The van der Waals surface area contributed by atoms with Gasteiger partial charge in [-0.3, -0.25) is 4.79 Å². The Balaban J connectivity index is 1.43. The van der Waals surface area contributed by atoms with Crippen molar-refractivity contribution in [2.45, 2.75) is 43.5 Å². The van der Waals surface area contributed by atoms with Gasteiger partial charge in [-0.1, -0.05) is 61.5 Å². The SMILES string of the molecule is CCN1CCN(c2ccc(NC(=O)Cc3ccccc3)cc2S(=O)(=O)N[C@@H]2CCCc3ccccc32)CC1. The molecule has 2 N–H and O–H groups in total. The van der Waals surface area contributed by atoms with Crippen molar-refractivity contribution >= 4 is 27.3 Å². The molecule has 1 amide bonds. The monoisotopic (exact) mass is 532 g/mol. The van der Waals surface area contributed by atoms with E-state index in [9.17, 15) is 13.2 Å². The normalized spacial score (nSPS) is 18.1. The van der Waals surface area contributed by atoms with Crippen molar-refractivity contribution < 1.29 is 13.2 Å². The topological polar surface area (TPSA) is 81.8 Å². The smallest absolute Gasteiger partial charge is 0.243 e. The first kappa shape index (κ1) is 26.4. The zero-order valence-electron chi connectivity index (χ0n) is 21.9. The van der Waals surface area contributed by atoms with Gasteiger partial charge in [-0.25, -0.2) is 13.1 Å². The standard InChI is InChI=1S/C30H36N4O3S/c1-2-33-17-19-34(20-18-33)28-16-15-25(31-30(35)21-23-9-4-3-5-10-23)22-29(28)38(36,37)32-27-14-8-12-24-11-6-7-13-26(24)27/h3-7,9-11,13,15-16,22,27,32H,2,8,12,14,17-21H2,1H3,(H,31,35)/t27-/m1/s1. The van der Waals surface area contributed by atoms with Crippen molar-refractivity contribution in [2.24, 2.45) is 0 Å². The van der Waals surface area contributed by atoms with E-state index >= 15 is 0 Å². The Morgan fingerprint density at radius 1 is 0.947 bits per heavy atom. The number of rotatable bonds is 8. The second kappa shape index (κ2) is 11.7. The highest BCUT2D eigenvalue weighted by Gasteiger charge is 2.30. The third-order valence-electron chi connectivity index (χ3n) is 7.57. The molecule has 1 fully saturated rings. The van der Waals surface area contributed by atoms with Crippen LogP contribution >= 0.6 is 0 Å². The number of anilines is 2. The number of fused-ring (bicyclic) bond motifs is 1. The highest BCUT2D eigenvalue weighted by Crippen LogP contribution is 2.34. The van der Waals surface area contributed by atoms with Crippen LogP contribution in [0, 0.1) is 0 Å². The first-order valence-electron chi connectivity index (χ1n) is 13.5. The molecule has 2 aliphatic rings. The van der Waals surface area contributed by atoms with Crippen molar-refractivity contribution in [2.75, 3.05) is 42.9 Å². The zero-order chi connectivity index (χ0) is 26.5. The van der Waals surface area contributed by atoms with E-state index in [0.29, 0.717) is 11.4 Å². The Hall–Kier alpha value is -3.20. The van der Waals surface area contributed by atoms with Crippen LogP contribution in [0.3, 0.4) is 0 Å². The summed E-state index contributed by atoms with van der Waals surface area (Å²) in [5.41, 5.74) is 4.31. The molecule has 200 valence electrons. The number of aryl methyl sites for hydroxylation is 1. The molecule has 5 rings (SSSR count). The van der Waals surface area contributed by atoms with Crippen LogP contribution in [0.5, 0.6) is 0 Å². The lowest BCUT2D eigenvalue weighted by molar-refractivity contribution is -0.115. The van der Waals surface area contributed by atoms with Crippen LogP contribution in [0.1, 0.15) is 42.5 Å². The predicted octanol–water partition coefficient (Wildman–Crippen LogP) is 4.37. The van der Waals surface area contributed by atoms with Crippen LogP contribution in [0.25, 0.3) is 0 Å². The van der Waals surface area contributed by atoms with Crippen LogP contribution in [-0.2, 0) is 27.7 Å². The highest BCUT2D eigenvalue weighted by molar-refractivity contribution is 7.89. The Kier molecular flexibility index (Phi) is 8.12. The molecular weight excluding hydrogens is 496 g/mol. The number of sulfonamides is 1. The molecular formula is C30H36N4O3S. The van der Waals surface area contributed by atoms with Gasteiger partial charge in [0, 0.05) is 37.9 Å². The van der Waals surface area contributed by atoms with E-state index in [-0.39, 0.29) is 23.3 Å². The fourth-order valence-electron chi connectivity index (χ4n) is 5.49. The van der Waals surface area contributed by atoms with Crippen LogP contribution in [-0.4, -0.2) is 51.9 Å². The van der Waals surface area contributed by atoms with Gasteiger partial charge in [-0.15, -0.1) is 0 Å². The Bertz CT molecular complexity index is 1370. The number of nitrogens with one attached hydrogen (secondary N) is 2. The molecule has 3 aromatic rings. The minimum absolute atomic E-state index is 0.182. The van der Waals surface area contributed by atoms with Crippen molar-refractivity contribution in [3.8, 4) is 0 Å². The molecule has 38 heavy (non-hydrogen) atoms. The number of nitrogens with zero attached hydrogens (tertiary/aromatic N) is 2. The summed E-state index contributed by atoms with van der Waals surface area (Å²) in [4.78, 5) is 17.5. The predicted molar refractivity (Wildman–Crippen MR) is 152 cm³/mol. The van der Waals surface area contributed by atoms with Crippen molar-refractivity contribution in [1.82, 2.24) is 9.62 Å². The fourth-order valence-corrected chi connectivity index (χ4v) is 6.99. The Morgan fingerprint density at radius 2 is 1.68 bits per heavy atom. The van der Waals surface area contributed by atoms with E-state index < -0.39 is 10.0 Å². The molecule has 0 radical (unpaired) electrons. The second-order valence-electron chi connectivity index (χ2n) is 10.1. The molecule has 0 unspecified atom stereocenters. The molecule has 7 nitrogen and oxygen atoms in total. The Labute approximate surface area is 225 Å². The summed E-state index contributed by atoms with van der Waals surface area (Å²) >= 11 is 0. The maximum absolute atomic E-state index is 14.0. The molecule has 0 saturated carbocycles. The molecule has 0 bridgehead atoms. The average Bonchev–Trinajstić information content (AvgIpc) is 2.94. The van der Waals surface area contributed by atoms with Gasteiger partial charge in [0.2, 0.25) is 15.9 Å². The number of carbonyl (C=O) groups excluding carboxylic acids is 1. The van der Waals surface area contributed by atoms with Gasteiger partial charge in [0.1, 0.15) is 4.90 Å². The van der Waals surface area contributed by atoms with Crippen LogP contribution in [0.2, 0.25) is 0 Å². The van der Waals surface area contributed by atoms with Gasteiger partial charge in [0.05, 0.1) is 12.1 Å². The van der Waals surface area contributed by atoms with Gasteiger partial charge < -0.3 is 15.1 Å². The van der Waals surface area contributed by atoms with Gasteiger partial charge in [0.25, 0.3) is 0 Å². The molecule has 8 heteroatoms. The number of piperazine rings is 1. The first-order valence-corrected chi connectivity index (χ1v) is 15.0. The van der Waals surface area contributed by atoms with Crippen LogP contribution in [0.15, 0.2) is 77.7 Å². The third kappa shape index (κ3) is 6.09. The third-order valence-corrected chi connectivity index (χ3v) is 9.07. The number of likely N-dealkylation sites (N-methyl/N-ethyl adjacent to an activating group) is 1. The molecule has 1 aliphatic carbocycles. The molecule has 1 aliphatic heterocycles. The fraction of sp³-hybridized carbons (Fsp3) is 0.367. The van der Waals surface area contributed by atoms with E-state index in [1.54, 1.807) is 12.1 Å². The van der Waals surface area contributed by atoms with Crippen molar-refractivity contribution in [3.05, 3.63) is 89.5 Å². The summed E-state index contributed by atoms with van der Waals surface area (Å²) in [5, 5.41) is 2.91. The van der Waals surface area contributed by atoms with Gasteiger partial charge in [-0.2, -0.15) is 0 Å². The molecule has 0 spiro atoms. The van der Waals surface area contributed by atoms with Crippen molar-refractivity contribution in [1.29, 1.82) is 0 Å². The van der Waals surface area contributed by atoms with Crippen molar-refractivity contribution in [3.63, 3.8) is 0 Å². The zero-order valence-corrected chi connectivity index (χ0v) is 22.7. The van der Waals surface area contributed by atoms with E-state index in [0.717, 1.165) is 63.1 Å². The summed E-state index contributed by atoms with van der Waals surface area (Å²) in [6.45, 7) is 6.40.